The number of anilines is 1. The number of hydrogen-bond acceptors (Lipinski definition) is 5. The minimum Gasteiger partial charge on any atom is -0.490 e. The molecule has 2 aromatic rings. The fraction of sp³-hybridized carbons (Fsp3) is 0.308. The van der Waals surface area contributed by atoms with Crippen LogP contribution in [-0.2, 0) is 9.59 Å². The third kappa shape index (κ3) is 4.31. The van der Waals surface area contributed by atoms with E-state index in [0.717, 1.165) is 5.56 Å². The molecule has 1 atom stereocenters. The lowest BCUT2D eigenvalue weighted by atomic mass is 9.69. The van der Waals surface area contributed by atoms with Crippen LogP contribution in [0.2, 0.25) is 0 Å². The second kappa shape index (κ2) is 8.65. The Balaban J connectivity index is 1.84. The Kier molecular flexibility index (Phi) is 5.89. The van der Waals surface area contributed by atoms with E-state index in [9.17, 15) is 19.7 Å². The molecule has 0 saturated heterocycles. The van der Waals surface area contributed by atoms with Gasteiger partial charge in [0, 0.05) is 36.1 Å². The van der Waals surface area contributed by atoms with Crippen LogP contribution in [0.3, 0.4) is 0 Å². The van der Waals surface area contributed by atoms with Crippen LogP contribution in [0.25, 0.3) is 0 Å². The van der Waals surface area contributed by atoms with Crippen molar-refractivity contribution in [2.24, 2.45) is 5.41 Å². The normalized spacial score (nSPS) is 19.8. The summed E-state index contributed by atoms with van der Waals surface area (Å²) in [4.78, 5) is 39.4. The van der Waals surface area contributed by atoms with Gasteiger partial charge in [-0.15, -0.1) is 0 Å². The van der Waals surface area contributed by atoms with Crippen LogP contribution in [0, 0.1) is 15.5 Å². The minimum absolute atomic E-state index is 0.0191. The van der Waals surface area contributed by atoms with E-state index in [1.165, 1.54) is 11.0 Å². The Bertz CT molecular complexity index is 1160. The number of amides is 1. The van der Waals surface area contributed by atoms with Crippen molar-refractivity contribution in [1.29, 1.82) is 0 Å². The van der Waals surface area contributed by atoms with Gasteiger partial charge in [-0.25, -0.2) is 0 Å². The van der Waals surface area contributed by atoms with Crippen molar-refractivity contribution in [1.82, 2.24) is 0 Å². The molecule has 0 radical (unpaired) electrons. The maximum absolute atomic E-state index is 13.5. The zero-order valence-corrected chi connectivity index (χ0v) is 18.7. The van der Waals surface area contributed by atoms with Gasteiger partial charge in [-0.2, -0.15) is 0 Å². The molecule has 4 rings (SSSR count). The summed E-state index contributed by atoms with van der Waals surface area (Å²) in [7, 11) is 0. The molecule has 0 aromatic heterocycles. The number of carbonyl (C=O) groups is 2. The molecule has 2 aliphatic rings. The standard InChI is InChI=1S/C26H26N2O5/c1-4-13-33-18-11-9-17(10-12-18)19-14-24(30)27(20-7-5-6-8-21(20)28(31)32)22-15-26(2,3)16-23(29)25(19)22/h4-12,19H,1,13-16H2,2-3H3. The molecule has 1 unspecified atom stereocenters. The van der Waals surface area contributed by atoms with Crippen LogP contribution in [-0.4, -0.2) is 23.2 Å². The number of ketones is 1. The van der Waals surface area contributed by atoms with E-state index in [4.69, 9.17) is 4.74 Å². The summed E-state index contributed by atoms with van der Waals surface area (Å²) in [6.45, 7) is 7.98. The SMILES string of the molecule is C=CCOc1ccc(C2CC(=O)N(c3ccccc3[N+](=O)[O-])C3=C2C(=O)CC(C)(C)C3)cc1. The number of nitro groups is 1. The fourth-order valence-corrected chi connectivity index (χ4v) is 4.74. The summed E-state index contributed by atoms with van der Waals surface area (Å²) in [5.41, 5.74) is 1.68. The van der Waals surface area contributed by atoms with Crippen molar-refractivity contribution in [2.75, 3.05) is 11.5 Å². The highest BCUT2D eigenvalue weighted by Gasteiger charge is 2.45. The molecule has 2 aromatic carbocycles. The van der Waals surface area contributed by atoms with E-state index in [1.54, 1.807) is 24.3 Å². The summed E-state index contributed by atoms with van der Waals surface area (Å²) >= 11 is 0. The lowest BCUT2D eigenvalue weighted by Crippen LogP contribution is -2.44. The summed E-state index contributed by atoms with van der Waals surface area (Å²) in [6.07, 6.45) is 2.55. The number of rotatable bonds is 6. The number of allylic oxidation sites excluding steroid dienone is 2. The van der Waals surface area contributed by atoms with Crippen LogP contribution in [0.4, 0.5) is 11.4 Å². The monoisotopic (exact) mass is 446 g/mol. The van der Waals surface area contributed by atoms with Crippen molar-refractivity contribution in [3.8, 4) is 5.75 Å². The van der Waals surface area contributed by atoms with Crippen LogP contribution in [0.15, 0.2) is 72.5 Å². The number of hydrogen-bond donors (Lipinski definition) is 0. The molecule has 0 spiro atoms. The maximum atomic E-state index is 13.5. The minimum atomic E-state index is -0.493. The highest BCUT2D eigenvalue weighted by atomic mass is 16.6. The Labute approximate surface area is 192 Å². The van der Waals surface area contributed by atoms with Gasteiger partial charge in [0.1, 0.15) is 18.0 Å². The zero-order valence-electron chi connectivity index (χ0n) is 18.7. The Morgan fingerprint density at radius 1 is 1.15 bits per heavy atom. The molecule has 0 saturated carbocycles. The van der Waals surface area contributed by atoms with Gasteiger partial charge in [0.15, 0.2) is 5.78 Å². The fourth-order valence-electron chi connectivity index (χ4n) is 4.74. The smallest absolute Gasteiger partial charge is 0.293 e. The molecule has 0 bridgehead atoms. The average Bonchev–Trinajstić information content (AvgIpc) is 2.76. The largest absolute Gasteiger partial charge is 0.490 e. The maximum Gasteiger partial charge on any atom is 0.293 e. The second-order valence-electron chi connectivity index (χ2n) is 9.20. The summed E-state index contributed by atoms with van der Waals surface area (Å²) in [5, 5.41) is 11.7. The first-order chi connectivity index (χ1) is 15.7. The Hall–Kier alpha value is -3.74. The van der Waals surface area contributed by atoms with Crippen LogP contribution >= 0.6 is 0 Å². The topological polar surface area (TPSA) is 89.8 Å². The van der Waals surface area contributed by atoms with E-state index >= 15 is 0 Å². The molecular formula is C26H26N2O5. The van der Waals surface area contributed by atoms with E-state index in [1.807, 2.05) is 38.1 Å². The number of carbonyl (C=O) groups excluding carboxylic acids is 2. The molecule has 1 aliphatic heterocycles. The first kappa shape index (κ1) is 22.5. The zero-order chi connectivity index (χ0) is 23.8. The van der Waals surface area contributed by atoms with Crippen molar-refractivity contribution < 1.29 is 19.2 Å². The number of ether oxygens (including phenoxy) is 1. The lowest BCUT2D eigenvalue weighted by Gasteiger charge is -2.42. The second-order valence-corrected chi connectivity index (χ2v) is 9.20. The molecule has 1 aliphatic carbocycles. The lowest BCUT2D eigenvalue weighted by molar-refractivity contribution is -0.384. The Morgan fingerprint density at radius 3 is 2.52 bits per heavy atom. The van der Waals surface area contributed by atoms with Gasteiger partial charge in [0.2, 0.25) is 5.91 Å². The van der Waals surface area contributed by atoms with E-state index in [2.05, 4.69) is 6.58 Å². The molecule has 7 heteroatoms. The molecule has 33 heavy (non-hydrogen) atoms. The van der Waals surface area contributed by atoms with Crippen LogP contribution in [0.1, 0.15) is 44.6 Å². The van der Waals surface area contributed by atoms with Crippen molar-refractivity contribution in [3.63, 3.8) is 0 Å². The third-order valence-corrected chi connectivity index (χ3v) is 6.11. The number of nitro benzene ring substituents is 1. The van der Waals surface area contributed by atoms with Gasteiger partial charge in [0.05, 0.1) is 4.92 Å². The first-order valence-corrected chi connectivity index (χ1v) is 10.9. The number of Topliss-reactive ketones (excluding diaryl/α,β-unsaturated/α-hetero) is 1. The molecule has 0 N–H and O–H groups in total. The van der Waals surface area contributed by atoms with Crippen molar-refractivity contribution in [2.45, 2.75) is 39.0 Å². The van der Waals surface area contributed by atoms with Crippen LogP contribution < -0.4 is 9.64 Å². The van der Waals surface area contributed by atoms with Gasteiger partial charge in [-0.05, 0) is 35.6 Å². The van der Waals surface area contributed by atoms with Gasteiger partial charge < -0.3 is 4.74 Å². The molecule has 7 nitrogen and oxygen atoms in total. The van der Waals surface area contributed by atoms with E-state index < -0.39 is 10.8 Å². The highest BCUT2D eigenvalue weighted by Crippen LogP contribution is 2.49. The van der Waals surface area contributed by atoms with Gasteiger partial charge in [0.25, 0.3) is 5.69 Å². The predicted molar refractivity (Wildman–Crippen MR) is 125 cm³/mol. The number of nitrogens with zero attached hydrogens (tertiary/aromatic N) is 2. The van der Waals surface area contributed by atoms with Crippen LogP contribution in [0.5, 0.6) is 5.75 Å². The van der Waals surface area contributed by atoms with Gasteiger partial charge >= 0.3 is 0 Å². The van der Waals surface area contributed by atoms with Gasteiger partial charge in [-0.3, -0.25) is 24.6 Å². The Morgan fingerprint density at radius 2 is 1.85 bits per heavy atom. The predicted octanol–water partition coefficient (Wildman–Crippen LogP) is 5.32. The summed E-state index contributed by atoms with van der Waals surface area (Å²) in [5.74, 6) is -0.00365. The summed E-state index contributed by atoms with van der Waals surface area (Å²) < 4.78 is 5.55. The average molecular weight is 447 g/mol. The van der Waals surface area contributed by atoms with Crippen molar-refractivity contribution >= 4 is 23.1 Å². The first-order valence-electron chi connectivity index (χ1n) is 10.9. The third-order valence-electron chi connectivity index (χ3n) is 6.11. The molecule has 0 fully saturated rings. The van der Waals surface area contributed by atoms with Gasteiger partial charge in [-0.1, -0.05) is 50.8 Å². The quantitative estimate of drug-likeness (QED) is 0.340. The number of para-hydroxylation sites is 2. The summed E-state index contributed by atoms with van der Waals surface area (Å²) in [6, 6.07) is 13.6. The molecule has 1 amide bonds. The van der Waals surface area contributed by atoms with E-state index in [-0.39, 0.29) is 34.9 Å². The highest BCUT2D eigenvalue weighted by molar-refractivity contribution is 6.08. The molecule has 1 heterocycles. The molecular weight excluding hydrogens is 420 g/mol. The van der Waals surface area contributed by atoms with E-state index in [0.29, 0.717) is 36.5 Å². The number of benzene rings is 2. The molecule has 170 valence electrons. The van der Waals surface area contributed by atoms with Crippen molar-refractivity contribution in [3.05, 3.63) is 88.1 Å².